The summed E-state index contributed by atoms with van der Waals surface area (Å²) in [6.07, 6.45) is 0. The van der Waals surface area contributed by atoms with Crippen LogP contribution in [0.2, 0.25) is 0 Å². The molecule has 1 saturated heterocycles. The molecule has 2 rings (SSSR count). The number of thiophene rings is 1. The summed E-state index contributed by atoms with van der Waals surface area (Å²) in [5.41, 5.74) is 0. The molecule has 0 spiro atoms. The highest BCUT2D eigenvalue weighted by molar-refractivity contribution is 7.09. The number of carbonyl (C=O) groups is 2. The number of hydrogen-bond donors (Lipinski definition) is 2. The van der Waals surface area contributed by atoms with Gasteiger partial charge in [-0.2, -0.15) is 0 Å². The number of piperazine rings is 1. The Morgan fingerprint density at radius 3 is 3.14 bits per heavy atom. The Kier molecular flexibility index (Phi) is 6.16. The summed E-state index contributed by atoms with van der Waals surface area (Å²) in [4.78, 5) is 26.9. The summed E-state index contributed by atoms with van der Waals surface area (Å²) in [6.45, 7) is 4.85. The van der Waals surface area contributed by atoms with E-state index in [0.717, 1.165) is 11.4 Å². The van der Waals surface area contributed by atoms with Crippen molar-refractivity contribution in [1.82, 2.24) is 15.5 Å². The molecule has 1 unspecified atom stereocenters. The molecule has 0 saturated carbocycles. The minimum Gasteiger partial charge on any atom is -0.465 e. The lowest BCUT2D eigenvalue weighted by molar-refractivity contribution is -0.150. The highest BCUT2D eigenvalue weighted by Crippen LogP contribution is 2.08. The van der Waals surface area contributed by atoms with Crippen LogP contribution in [-0.4, -0.2) is 55.6 Å². The van der Waals surface area contributed by atoms with Gasteiger partial charge in [0.1, 0.15) is 6.04 Å². The summed E-state index contributed by atoms with van der Waals surface area (Å²) in [7, 11) is 0. The van der Waals surface area contributed by atoms with Crippen LogP contribution in [0.25, 0.3) is 0 Å². The fraction of sp³-hybridized carbons (Fsp3) is 0.571. The van der Waals surface area contributed by atoms with Crippen molar-refractivity contribution in [3.63, 3.8) is 0 Å². The van der Waals surface area contributed by atoms with Crippen molar-refractivity contribution in [2.24, 2.45) is 0 Å². The zero-order valence-electron chi connectivity index (χ0n) is 12.1. The normalized spacial score (nSPS) is 19.2. The standard InChI is InChI=1S/C14H21N3O3S/c1-2-20-14(19)12-9-15-5-6-17(12)10-13(18)16-8-11-4-3-7-21-11/h3-4,7,12,15H,2,5-6,8-10H2,1H3,(H,16,18). The molecular weight excluding hydrogens is 290 g/mol. The SMILES string of the molecule is CCOC(=O)C1CNCCN1CC(=O)NCc1cccs1. The molecule has 0 aromatic carbocycles. The second-order valence-electron chi connectivity index (χ2n) is 4.80. The van der Waals surface area contributed by atoms with E-state index in [1.54, 1.807) is 18.3 Å². The van der Waals surface area contributed by atoms with Crippen LogP contribution >= 0.6 is 11.3 Å². The number of amides is 1. The highest BCUT2D eigenvalue weighted by Gasteiger charge is 2.30. The van der Waals surface area contributed by atoms with Gasteiger partial charge in [0.25, 0.3) is 0 Å². The first-order chi connectivity index (χ1) is 10.2. The molecule has 1 aromatic heterocycles. The van der Waals surface area contributed by atoms with Crippen molar-refractivity contribution < 1.29 is 14.3 Å². The largest absolute Gasteiger partial charge is 0.465 e. The van der Waals surface area contributed by atoms with Crippen LogP contribution in [0, 0.1) is 0 Å². The average Bonchev–Trinajstić information content (AvgIpc) is 2.99. The maximum atomic E-state index is 12.0. The number of rotatable bonds is 6. The Morgan fingerprint density at radius 2 is 2.43 bits per heavy atom. The second-order valence-corrected chi connectivity index (χ2v) is 5.83. The lowest BCUT2D eigenvalue weighted by atomic mass is 10.2. The predicted octanol–water partition coefficient (Wildman–Crippen LogP) is 0.201. The van der Waals surface area contributed by atoms with Crippen LogP contribution in [0.3, 0.4) is 0 Å². The number of carbonyl (C=O) groups excluding carboxylic acids is 2. The molecule has 0 aliphatic carbocycles. The molecule has 1 fully saturated rings. The van der Waals surface area contributed by atoms with Gasteiger partial charge in [0.05, 0.1) is 19.7 Å². The van der Waals surface area contributed by atoms with Crippen molar-refractivity contribution in [3.05, 3.63) is 22.4 Å². The van der Waals surface area contributed by atoms with Gasteiger partial charge in [-0.3, -0.25) is 14.5 Å². The first-order valence-electron chi connectivity index (χ1n) is 7.11. The van der Waals surface area contributed by atoms with Crippen molar-refractivity contribution in [2.75, 3.05) is 32.8 Å². The fourth-order valence-corrected chi connectivity index (χ4v) is 2.89. The molecule has 116 valence electrons. The Bertz CT molecular complexity index is 464. The number of hydrogen-bond acceptors (Lipinski definition) is 6. The smallest absolute Gasteiger partial charge is 0.324 e. The molecule has 1 amide bonds. The Balaban J connectivity index is 1.83. The van der Waals surface area contributed by atoms with E-state index in [1.165, 1.54) is 0 Å². The van der Waals surface area contributed by atoms with Gasteiger partial charge < -0.3 is 15.4 Å². The number of nitrogens with one attached hydrogen (secondary N) is 2. The van der Waals surface area contributed by atoms with E-state index in [9.17, 15) is 9.59 Å². The predicted molar refractivity (Wildman–Crippen MR) is 81.0 cm³/mol. The van der Waals surface area contributed by atoms with Gasteiger partial charge >= 0.3 is 5.97 Å². The number of ether oxygens (including phenoxy) is 1. The third kappa shape index (κ3) is 4.80. The van der Waals surface area contributed by atoms with E-state index in [4.69, 9.17) is 4.74 Å². The number of nitrogens with zero attached hydrogens (tertiary/aromatic N) is 1. The van der Waals surface area contributed by atoms with Gasteiger partial charge in [-0.25, -0.2) is 0 Å². The van der Waals surface area contributed by atoms with Crippen LogP contribution in [-0.2, 0) is 20.9 Å². The van der Waals surface area contributed by atoms with Gasteiger partial charge in [0.2, 0.25) is 5.91 Å². The first-order valence-corrected chi connectivity index (χ1v) is 7.99. The molecule has 0 bridgehead atoms. The molecule has 0 radical (unpaired) electrons. The van der Waals surface area contributed by atoms with E-state index in [0.29, 0.717) is 26.2 Å². The average molecular weight is 311 g/mol. The Labute approximate surface area is 128 Å². The van der Waals surface area contributed by atoms with Crippen molar-refractivity contribution in [1.29, 1.82) is 0 Å². The summed E-state index contributed by atoms with van der Waals surface area (Å²) in [5, 5.41) is 8.02. The van der Waals surface area contributed by atoms with Crippen LogP contribution in [0.1, 0.15) is 11.8 Å². The van der Waals surface area contributed by atoms with E-state index < -0.39 is 0 Å². The highest BCUT2D eigenvalue weighted by atomic mass is 32.1. The second kappa shape index (κ2) is 8.11. The van der Waals surface area contributed by atoms with E-state index in [-0.39, 0.29) is 24.5 Å². The molecule has 6 nitrogen and oxygen atoms in total. The lowest BCUT2D eigenvalue weighted by Crippen LogP contribution is -2.57. The van der Waals surface area contributed by atoms with Crippen molar-refractivity contribution in [3.8, 4) is 0 Å². The lowest BCUT2D eigenvalue weighted by Gasteiger charge is -2.33. The van der Waals surface area contributed by atoms with Crippen LogP contribution in [0.4, 0.5) is 0 Å². The molecule has 1 aliphatic heterocycles. The zero-order valence-corrected chi connectivity index (χ0v) is 12.9. The third-order valence-electron chi connectivity index (χ3n) is 3.30. The van der Waals surface area contributed by atoms with Gasteiger partial charge in [-0.15, -0.1) is 11.3 Å². The molecule has 7 heteroatoms. The van der Waals surface area contributed by atoms with Crippen LogP contribution in [0.15, 0.2) is 17.5 Å². The quantitative estimate of drug-likeness (QED) is 0.735. The summed E-state index contributed by atoms with van der Waals surface area (Å²) < 4.78 is 5.06. The molecule has 21 heavy (non-hydrogen) atoms. The molecular formula is C14H21N3O3S. The minimum atomic E-state index is -0.383. The van der Waals surface area contributed by atoms with E-state index in [2.05, 4.69) is 10.6 Å². The molecule has 1 atom stereocenters. The summed E-state index contributed by atoms with van der Waals surface area (Å²) in [6, 6.07) is 3.56. The van der Waals surface area contributed by atoms with Crippen molar-refractivity contribution in [2.45, 2.75) is 19.5 Å². The molecule has 1 aromatic rings. The Hall–Kier alpha value is -1.44. The third-order valence-corrected chi connectivity index (χ3v) is 4.18. The number of esters is 1. The van der Waals surface area contributed by atoms with Gasteiger partial charge in [0.15, 0.2) is 0 Å². The summed E-state index contributed by atoms with van der Waals surface area (Å²) in [5.74, 6) is -0.338. The van der Waals surface area contributed by atoms with Crippen molar-refractivity contribution >= 4 is 23.2 Å². The van der Waals surface area contributed by atoms with Crippen LogP contribution < -0.4 is 10.6 Å². The zero-order chi connectivity index (χ0) is 15.1. The topological polar surface area (TPSA) is 70.7 Å². The fourth-order valence-electron chi connectivity index (χ4n) is 2.25. The molecule has 2 heterocycles. The van der Waals surface area contributed by atoms with Gasteiger partial charge in [-0.05, 0) is 18.4 Å². The maximum absolute atomic E-state index is 12.0. The summed E-state index contributed by atoms with van der Waals surface area (Å²) >= 11 is 1.61. The van der Waals surface area contributed by atoms with Crippen LogP contribution in [0.5, 0.6) is 0 Å². The van der Waals surface area contributed by atoms with E-state index in [1.807, 2.05) is 22.4 Å². The first kappa shape index (κ1) is 15.9. The minimum absolute atomic E-state index is 0.0698. The van der Waals surface area contributed by atoms with Gasteiger partial charge in [-0.1, -0.05) is 6.07 Å². The Morgan fingerprint density at radius 1 is 1.57 bits per heavy atom. The van der Waals surface area contributed by atoms with E-state index >= 15 is 0 Å². The molecule has 1 aliphatic rings. The van der Waals surface area contributed by atoms with Gasteiger partial charge in [0, 0.05) is 24.5 Å². The monoisotopic (exact) mass is 311 g/mol. The maximum Gasteiger partial charge on any atom is 0.324 e. The molecule has 2 N–H and O–H groups in total.